The smallest absolute Gasteiger partial charge is 0.355 e. The van der Waals surface area contributed by atoms with Crippen LogP contribution in [0.25, 0.3) is 43.4 Å². The molecule has 4 unspecified atom stereocenters. The number of thiazole rings is 1. The third kappa shape index (κ3) is 9.96. The predicted molar refractivity (Wildman–Crippen MR) is 241 cm³/mol. The van der Waals surface area contributed by atoms with Crippen molar-refractivity contribution in [2.45, 2.75) is 79.4 Å². The van der Waals surface area contributed by atoms with Crippen molar-refractivity contribution >= 4 is 56.9 Å². The predicted octanol–water partition coefficient (Wildman–Crippen LogP) is 9.42. The second-order valence-corrected chi connectivity index (χ2v) is 20.1. The van der Waals surface area contributed by atoms with Gasteiger partial charge in [-0.05, 0) is 116 Å². The molecule has 3 heterocycles. The monoisotopic (exact) mass is 866 g/mol. The van der Waals surface area contributed by atoms with Gasteiger partial charge in [0.05, 0.1) is 41.0 Å². The highest BCUT2D eigenvalue weighted by atomic mass is 32.1. The highest BCUT2D eigenvalue weighted by Crippen LogP contribution is 2.58. The lowest BCUT2D eigenvalue weighted by molar-refractivity contribution is -0.109. The average molecular weight is 867 g/mol. The number of anilines is 1. The van der Waals surface area contributed by atoms with E-state index in [4.69, 9.17) is 24.6 Å². The summed E-state index contributed by atoms with van der Waals surface area (Å²) in [7, 11) is -3.99. The molecule has 1 amide bonds. The molecule has 322 valence electrons. The van der Waals surface area contributed by atoms with Crippen LogP contribution in [0, 0.1) is 23.7 Å². The number of hydrogen-bond acceptors (Lipinski definition) is 9. The van der Waals surface area contributed by atoms with Crippen molar-refractivity contribution in [1.29, 1.82) is 0 Å². The van der Waals surface area contributed by atoms with Crippen molar-refractivity contribution in [3.8, 4) is 22.4 Å². The highest BCUT2D eigenvalue weighted by molar-refractivity contribution is 7.51. The molecule has 6 aromatic rings. The Balaban J connectivity index is 0.00000561. The molecule has 2 bridgehead atoms. The van der Waals surface area contributed by atoms with Gasteiger partial charge >= 0.3 is 13.6 Å². The van der Waals surface area contributed by atoms with E-state index < -0.39 is 13.6 Å². The van der Waals surface area contributed by atoms with E-state index in [-0.39, 0.29) is 42.1 Å². The average Bonchev–Trinajstić information content (AvgIpc) is 3.77. The van der Waals surface area contributed by atoms with Crippen molar-refractivity contribution < 1.29 is 33.8 Å². The second kappa shape index (κ2) is 17.9. The van der Waals surface area contributed by atoms with Crippen LogP contribution in [0.1, 0.15) is 86.3 Å². The maximum Gasteiger partial charge on any atom is 0.355 e. The molecule has 61 heavy (non-hydrogen) atoms. The Labute approximate surface area is 360 Å². The second-order valence-electron chi connectivity index (χ2n) is 17.3. The molecule has 4 atom stereocenters. The summed E-state index contributed by atoms with van der Waals surface area (Å²) in [5, 5.41) is 23.6. The van der Waals surface area contributed by atoms with Crippen molar-refractivity contribution in [3.05, 3.63) is 95.9 Å². The number of rotatable bonds is 15. The molecule has 3 aromatic carbocycles. The standard InChI is InChI=1S/C45H51N6O7PS.CH4/c1-28-21-44(3)23-32(58-18-17-46-16-7-19-59(55,56)57)24-45(22-28,26-44)27-51-29(2)36(25-47-51)33-14-15-37(48-40(33)42(53)54)31-13-12-30-8-6-9-34(35(30)20-31)41(52)50-43-49-38-10-4-5-11-39(38)60-43;/h4-6,8-15,20,25,28,32,46H,7,16-19,21-24,26-27H2,1-3H3,(H,53,54)(H,49,50,52)(H2,55,56,57);1H4. The van der Waals surface area contributed by atoms with E-state index in [2.05, 4.69) is 29.5 Å². The van der Waals surface area contributed by atoms with E-state index in [0.29, 0.717) is 71.5 Å². The Bertz CT molecular complexity index is 2590. The van der Waals surface area contributed by atoms with E-state index in [9.17, 15) is 19.3 Å². The molecule has 2 saturated carbocycles. The van der Waals surface area contributed by atoms with Gasteiger partial charge in [-0.1, -0.05) is 69.0 Å². The molecule has 2 fully saturated rings. The number of hydrogen-bond donors (Lipinski definition) is 5. The Morgan fingerprint density at radius 3 is 2.59 bits per heavy atom. The fraction of sp³-hybridized carbons (Fsp3) is 0.413. The number of carbonyl (C=O) groups excluding carboxylic acids is 1. The van der Waals surface area contributed by atoms with Gasteiger partial charge in [0.25, 0.3) is 5.91 Å². The van der Waals surface area contributed by atoms with Gasteiger partial charge in [0.2, 0.25) is 0 Å². The van der Waals surface area contributed by atoms with Crippen molar-refractivity contribution in [2.75, 3.05) is 31.2 Å². The minimum Gasteiger partial charge on any atom is -0.476 e. The summed E-state index contributed by atoms with van der Waals surface area (Å²) in [5.41, 5.74) is 4.54. The molecule has 0 radical (unpaired) electrons. The number of carboxylic acids is 1. The number of ether oxygens (including phenoxy) is 1. The number of para-hydroxylation sites is 1. The summed E-state index contributed by atoms with van der Waals surface area (Å²) in [6, 6.07) is 22.6. The van der Waals surface area contributed by atoms with Crippen LogP contribution >= 0.6 is 18.9 Å². The van der Waals surface area contributed by atoms with Gasteiger partial charge in [-0.2, -0.15) is 5.10 Å². The molecule has 0 saturated heterocycles. The fourth-order valence-corrected chi connectivity index (χ4v) is 11.6. The topological polar surface area (TPSA) is 189 Å². The normalized spacial score (nSPS) is 21.3. The van der Waals surface area contributed by atoms with Gasteiger partial charge < -0.3 is 24.9 Å². The minimum atomic E-state index is -3.99. The van der Waals surface area contributed by atoms with Crippen LogP contribution in [0.5, 0.6) is 0 Å². The first kappa shape index (κ1) is 44.2. The summed E-state index contributed by atoms with van der Waals surface area (Å²) in [4.78, 5) is 53.9. The molecule has 8 rings (SSSR count). The Kier molecular flexibility index (Phi) is 13.0. The van der Waals surface area contributed by atoms with Gasteiger partial charge in [0.15, 0.2) is 10.8 Å². The number of amides is 1. The Hall–Kier alpha value is -4.82. The zero-order valence-corrected chi connectivity index (χ0v) is 35.8. The van der Waals surface area contributed by atoms with Crippen LogP contribution in [0.3, 0.4) is 0 Å². The SMILES string of the molecule is C.Cc1c(-c2ccc(-c3ccc4cccc(C(=O)Nc5nc6ccccc6s5)c4c3)nc2C(=O)O)cnn1CC12CC(C)CC(C)(CC(OCCNCCCP(=O)(O)O)C1)C2. The molecule has 2 aliphatic rings. The molecule has 0 spiro atoms. The Morgan fingerprint density at radius 1 is 0.984 bits per heavy atom. The molecule has 5 N–H and O–H groups in total. The minimum absolute atomic E-state index is 0. The molecular formula is C46H55N6O7PS. The summed E-state index contributed by atoms with van der Waals surface area (Å²) in [6.07, 6.45) is 7.24. The number of fused-ring (bicyclic) bond motifs is 4. The van der Waals surface area contributed by atoms with E-state index in [0.717, 1.165) is 59.0 Å². The zero-order chi connectivity index (χ0) is 42.2. The maximum absolute atomic E-state index is 13.6. The Morgan fingerprint density at radius 2 is 1.80 bits per heavy atom. The van der Waals surface area contributed by atoms with Crippen LogP contribution in [0.4, 0.5) is 5.13 Å². The first-order valence-electron chi connectivity index (χ1n) is 20.5. The van der Waals surface area contributed by atoms with Crippen LogP contribution in [-0.4, -0.2) is 78.5 Å². The molecule has 2 aliphatic carbocycles. The number of aromatic nitrogens is 4. The van der Waals surface area contributed by atoms with E-state index in [1.807, 2.05) is 72.3 Å². The molecule has 13 nitrogen and oxygen atoms in total. The van der Waals surface area contributed by atoms with E-state index in [1.54, 1.807) is 18.3 Å². The van der Waals surface area contributed by atoms with Crippen molar-refractivity contribution in [2.24, 2.45) is 16.7 Å². The third-order valence-electron chi connectivity index (χ3n) is 12.2. The summed E-state index contributed by atoms with van der Waals surface area (Å²) in [6.45, 7) is 9.05. The molecule has 3 aromatic heterocycles. The van der Waals surface area contributed by atoms with E-state index >= 15 is 0 Å². The fourth-order valence-electron chi connectivity index (χ4n) is 10.2. The lowest BCUT2D eigenvalue weighted by Crippen LogP contribution is -2.49. The molecular weight excluding hydrogens is 812 g/mol. The van der Waals surface area contributed by atoms with Crippen LogP contribution in [0.2, 0.25) is 0 Å². The van der Waals surface area contributed by atoms with Crippen LogP contribution in [0.15, 0.2) is 79.0 Å². The summed E-state index contributed by atoms with van der Waals surface area (Å²) < 4.78 is 20.6. The number of nitrogens with zero attached hydrogens (tertiary/aromatic N) is 4. The zero-order valence-electron chi connectivity index (χ0n) is 34.1. The van der Waals surface area contributed by atoms with Crippen LogP contribution in [-0.2, 0) is 15.8 Å². The van der Waals surface area contributed by atoms with Gasteiger partial charge in [0.1, 0.15) is 0 Å². The third-order valence-corrected chi connectivity index (χ3v) is 14.0. The number of nitrogens with one attached hydrogen (secondary N) is 2. The lowest BCUT2D eigenvalue weighted by Gasteiger charge is -2.55. The number of carboxylic acid groups (broad SMARTS) is 1. The first-order chi connectivity index (χ1) is 28.7. The van der Waals surface area contributed by atoms with Crippen LogP contribution < -0.4 is 10.6 Å². The van der Waals surface area contributed by atoms with Crippen molar-refractivity contribution in [3.63, 3.8) is 0 Å². The van der Waals surface area contributed by atoms with E-state index in [1.165, 1.54) is 11.3 Å². The molecule has 0 aliphatic heterocycles. The highest BCUT2D eigenvalue weighted by Gasteiger charge is 2.51. The molecule has 15 heteroatoms. The largest absolute Gasteiger partial charge is 0.476 e. The number of pyridine rings is 1. The van der Waals surface area contributed by atoms with Gasteiger partial charge in [-0.25, -0.2) is 14.8 Å². The maximum atomic E-state index is 13.6. The van der Waals surface area contributed by atoms with Gasteiger partial charge in [-0.15, -0.1) is 0 Å². The summed E-state index contributed by atoms with van der Waals surface area (Å²) >= 11 is 1.41. The number of aromatic carboxylic acids is 1. The summed E-state index contributed by atoms with van der Waals surface area (Å²) in [5.74, 6) is -0.884. The van der Waals surface area contributed by atoms with Gasteiger partial charge in [0, 0.05) is 41.0 Å². The van der Waals surface area contributed by atoms with Gasteiger partial charge in [-0.3, -0.25) is 19.4 Å². The number of benzene rings is 3. The van der Waals surface area contributed by atoms with Crippen molar-refractivity contribution in [1.82, 2.24) is 25.1 Å². The lowest BCUT2D eigenvalue weighted by atomic mass is 9.52. The quantitative estimate of drug-likeness (QED) is 0.0489. The first-order valence-corrected chi connectivity index (χ1v) is 23.1. The number of carbonyl (C=O) groups is 2.